The van der Waals surface area contributed by atoms with E-state index in [9.17, 15) is 28.0 Å². The lowest BCUT2D eigenvalue weighted by molar-refractivity contribution is -0.143. The summed E-state index contributed by atoms with van der Waals surface area (Å²) in [6.45, 7) is 7.03. The minimum atomic E-state index is -1.08. The van der Waals surface area contributed by atoms with Crippen LogP contribution in [-0.4, -0.2) is 98.3 Å². The van der Waals surface area contributed by atoms with Crippen molar-refractivity contribution >= 4 is 46.9 Å². The molecule has 0 bridgehead atoms. The molecule has 302 valence electrons. The number of hydrogen-bond donors (Lipinski definition) is 4. The zero-order valence-electron chi connectivity index (χ0n) is 31.6. The van der Waals surface area contributed by atoms with E-state index in [1.54, 1.807) is 38.6 Å². The van der Waals surface area contributed by atoms with Crippen LogP contribution in [0.4, 0.5) is 20.2 Å². The Balaban J connectivity index is 0.000000282. The molecule has 2 heterocycles. The standard InChI is InChI=1S/C24H28FN3O4.C7H6FNO.C5H8O.C4H6O4/c1-26-17-4-5-22(19(25)14-17)32-21-6-7-27-20-16-24(23(29-2)15-18(20)21)31-11-3-8-28-9-12-30-13-10-28;8-6-1-3-7(4-2-6)9-5-10;1-5(4-6)2-3-5;5-3(6)1-2-4(7)8/h4-7,14-16,26H,3,8-13H2,1-2H3;1-5H,(H,9,10);4H,2-3H2,1H3;1-2H2,(H,5,6)(H,7,8). The number of carboxylic acid groups (broad SMARTS) is 2. The lowest BCUT2D eigenvalue weighted by Gasteiger charge is -2.26. The van der Waals surface area contributed by atoms with E-state index >= 15 is 0 Å². The van der Waals surface area contributed by atoms with Gasteiger partial charge in [0.2, 0.25) is 6.41 Å². The van der Waals surface area contributed by atoms with Gasteiger partial charge in [-0.1, -0.05) is 6.92 Å². The highest BCUT2D eigenvalue weighted by molar-refractivity contribution is 5.88. The van der Waals surface area contributed by atoms with Gasteiger partial charge in [-0.2, -0.15) is 0 Å². The number of nitrogens with one attached hydrogen (secondary N) is 2. The van der Waals surface area contributed by atoms with Crippen LogP contribution in [-0.2, 0) is 23.9 Å². The Labute approximate surface area is 323 Å². The Bertz CT molecular complexity index is 1860. The molecule has 1 aliphatic carbocycles. The molecule has 16 heteroatoms. The summed E-state index contributed by atoms with van der Waals surface area (Å²) in [5, 5.41) is 21.8. The van der Waals surface area contributed by atoms with Crippen molar-refractivity contribution < 1.29 is 57.1 Å². The number of ether oxygens (including phenoxy) is 4. The third-order valence-corrected chi connectivity index (χ3v) is 8.35. The average Bonchev–Trinajstić information content (AvgIpc) is 3.95. The summed E-state index contributed by atoms with van der Waals surface area (Å²) in [5.74, 6) is -1.09. The molecule has 1 amide bonds. The van der Waals surface area contributed by atoms with Crippen LogP contribution in [0.3, 0.4) is 0 Å². The molecule has 56 heavy (non-hydrogen) atoms. The highest BCUT2D eigenvalue weighted by Crippen LogP contribution is 2.42. The summed E-state index contributed by atoms with van der Waals surface area (Å²) in [6.07, 6.45) is 5.75. The molecule has 14 nitrogen and oxygen atoms in total. The topological polar surface area (TPSA) is 186 Å². The van der Waals surface area contributed by atoms with Gasteiger partial charge in [-0.3, -0.25) is 24.3 Å². The van der Waals surface area contributed by atoms with Crippen LogP contribution >= 0.6 is 0 Å². The molecule has 2 aliphatic rings. The number of aliphatic carboxylic acids is 2. The summed E-state index contributed by atoms with van der Waals surface area (Å²) in [7, 11) is 3.33. The van der Waals surface area contributed by atoms with E-state index in [1.807, 2.05) is 19.1 Å². The van der Waals surface area contributed by atoms with Gasteiger partial charge in [0.1, 0.15) is 17.9 Å². The van der Waals surface area contributed by atoms with Crippen LogP contribution in [0.1, 0.15) is 39.0 Å². The van der Waals surface area contributed by atoms with E-state index in [0.29, 0.717) is 52.5 Å². The van der Waals surface area contributed by atoms with Crippen LogP contribution in [0.15, 0.2) is 66.9 Å². The third kappa shape index (κ3) is 15.8. The molecular weight excluding hydrogens is 734 g/mol. The first-order chi connectivity index (χ1) is 26.9. The smallest absolute Gasteiger partial charge is 0.303 e. The van der Waals surface area contributed by atoms with Crippen LogP contribution < -0.4 is 24.8 Å². The summed E-state index contributed by atoms with van der Waals surface area (Å²) in [4.78, 5) is 45.8. The number of amides is 1. The fraction of sp³-hybridized carbons (Fsp3) is 0.375. The van der Waals surface area contributed by atoms with Crippen molar-refractivity contribution in [3.8, 4) is 23.0 Å². The van der Waals surface area contributed by atoms with Gasteiger partial charge < -0.3 is 44.6 Å². The van der Waals surface area contributed by atoms with Crippen LogP contribution in [0, 0.1) is 17.0 Å². The van der Waals surface area contributed by atoms with Gasteiger partial charge >= 0.3 is 11.9 Å². The number of aldehydes is 1. The van der Waals surface area contributed by atoms with Crippen molar-refractivity contribution in [3.63, 3.8) is 0 Å². The molecule has 1 aromatic heterocycles. The summed E-state index contributed by atoms with van der Waals surface area (Å²) in [6, 6.07) is 15.6. The number of morpholine rings is 1. The van der Waals surface area contributed by atoms with Crippen molar-refractivity contribution in [1.82, 2.24) is 9.88 Å². The first-order valence-electron chi connectivity index (χ1n) is 17.8. The Hall–Kier alpha value is -5.87. The maximum absolute atomic E-state index is 14.4. The number of fused-ring (bicyclic) bond motifs is 1. The van der Waals surface area contributed by atoms with Crippen molar-refractivity contribution in [2.24, 2.45) is 5.41 Å². The maximum atomic E-state index is 14.4. The molecule has 1 saturated carbocycles. The van der Waals surface area contributed by atoms with E-state index in [-0.39, 0.29) is 29.8 Å². The first kappa shape index (κ1) is 44.5. The van der Waals surface area contributed by atoms with Crippen LogP contribution in [0.5, 0.6) is 23.0 Å². The molecule has 0 radical (unpaired) electrons. The molecule has 6 rings (SSSR count). The van der Waals surface area contributed by atoms with E-state index in [4.69, 9.17) is 29.2 Å². The minimum absolute atomic E-state index is 0.111. The van der Waals surface area contributed by atoms with E-state index in [2.05, 4.69) is 20.5 Å². The lowest BCUT2D eigenvalue weighted by atomic mass is 10.1. The van der Waals surface area contributed by atoms with Crippen molar-refractivity contribution in [2.45, 2.75) is 39.0 Å². The first-order valence-corrected chi connectivity index (χ1v) is 17.8. The number of hydrogen-bond acceptors (Lipinski definition) is 11. The number of carboxylic acids is 2. The van der Waals surface area contributed by atoms with Gasteiger partial charge in [0.05, 0.1) is 45.3 Å². The largest absolute Gasteiger partial charge is 0.493 e. The van der Waals surface area contributed by atoms with E-state index in [0.717, 1.165) is 58.4 Å². The van der Waals surface area contributed by atoms with Crippen molar-refractivity contribution in [1.29, 1.82) is 0 Å². The lowest BCUT2D eigenvalue weighted by Crippen LogP contribution is -2.37. The summed E-state index contributed by atoms with van der Waals surface area (Å²) >= 11 is 0. The number of halogens is 2. The van der Waals surface area contributed by atoms with Gasteiger partial charge in [0.15, 0.2) is 23.1 Å². The van der Waals surface area contributed by atoms with E-state index in [1.165, 1.54) is 30.3 Å². The Morgan fingerprint density at radius 1 is 0.911 bits per heavy atom. The SMILES string of the molecule is CC1(C=O)CC1.CNc1ccc(Oc2ccnc3cc(OCCCN4CCOCC4)c(OC)cc23)c(F)c1.O=C(O)CCC(=O)O.O=CNc1ccc(F)cc1. The fourth-order valence-corrected chi connectivity index (χ4v) is 4.79. The molecule has 1 aliphatic heterocycles. The second-order valence-electron chi connectivity index (χ2n) is 12.8. The minimum Gasteiger partial charge on any atom is -0.493 e. The predicted molar refractivity (Wildman–Crippen MR) is 206 cm³/mol. The second kappa shape index (κ2) is 23.1. The molecule has 0 unspecified atom stereocenters. The number of rotatable bonds is 15. The van der Waals surface area contributed by atoms with Gasteiger partial charge in [-0.05, 0) is 67.8 Å². The molecule has 0 spiro atoms. The molecule has 2 fully saturated rings. The average molecular weight is 783 g/mol. The highest BCUT2D eigenvalue weighted by Gasteiger charge is 2.36. The Morgan fingerprint density at radius 3 is 2.11 bits per heavy atom. The van der Waals surface area contributed by atoms with Crippen LogP contribution in [0.2, 0.25) is 0 Å². The number of nitrogens with zero attached hydrogens (tertiary/aromatic N) is 2. The normalized spacial score (nSPS) is 13.8. The van der Waals surface area contributed by atoms with E-state index < -0.39 is 17.8 Å². The zero-order valence-corrected chi connectivity index (χ0v) is 31.6. The number of anilines is 2. The monoisotopic (exact) mass is 782 g/mol. The quantitative estimate of drug-likeness (QED) is 0.0744. The molecule has 0 atom stereocenters. The number of carbonyl (C=O) groups is 4. The van der Waals surface area contributed by atoms with Gasteiger partial charge in [-0.25, -0.2) is 8.78 Å². The molecule has 1 saturated heterocycles. The summed E-state index contributed by atoms with van der Waals surface area (Å²) in [5.41, 5.74) is 2.06. The van der Waals surface area contributed by atoms with Gasteiger partial charge in [0.25, 0.3) is 0 Å². The number of carbonyl (C=O) groups excluding carboxylic acids is 2. The highest BCUT2D eigenvalue weighted by atomic mass is 19.1. The molecular formula is C40H48F2N4O10. The Morgan fingerprint density at radius 2 is 1.57 bits per heavy atom. The molecule has 4 N–H and O–H groups in total. The van der Waals surface area contributed by atoms with Crippen molar-refractivity contribution in [3.05, 3.63) is 78.5 Å². The molecule has 3 aromatic carbocycles. The number of benzene rings is 3. The molecule has 4 aromatic rings. The van der Waals surface area contributed by atoms with Gasteiger partial charge in [-0.15, -0.1) is 0 Å². The number of aromatic nitrogens is 1. The fourth-order valence-electron chi connectivity index (χ4n) is 4.79. The van der Waals surface area contributed by atoms with Gasteiger partial charge in [0, 0.05) is 67.2 Å². The number of pyridine rings is 1. The predicted octanol–water partition coefficient (Wildman–Crippen LogP) is 6.63. The van der Waals surface area contributed by atoms with Crippen LogP contribution in [0.25, 0.3) is 10.9 Å². The number of methoxy groups -OCH3 is 1. The summed E-state index contributed by atoms with van der Waals surface area (Å²) < 4.78 is 49.4. The second-order valence-corrected chi connectivity index (χ2v) is 12.8. The third-order valence-electron chi connectivity index (χ3n) is 8.35. The zero-order chi connectivity index (χ0) is 40.9. The Kier molecular flexibility index (Phi) is 18.4. The van der Waals surface area contributed by atoms with Crippen molar-refractivity contribution in [2.75, 3.05) is 64.2 Å². The maximum Gasteiger partial charge on any atom is 0.303 e.